The van der Waals surface area contributed by atoms with E-state index in [-0.39, 0.29) is 0 Å². The molecule has 0 radical (unpaired) electrons. The number of ether oxygens (including phenoxy) is 2. The smallest absolute Gasteiger partial charge is 0.184 e. The largest absolute Gasteiger partial charge is 0.493 e. The quantitative estimate of drug-likeness (QED) is 0.680. The lowest BCUT2D eigenvalue weighted by Crippen LogP contribution is -1.97. The van der Waals surface area contributed by atoms with Gasteiger partial charge in [0.05, 0.1) is 20.4 Å². The molecule has 6 heteroatoms. The second-order valence-electron chi connectivity index (χ2n) is 4.69. The van der Waals surface area contributed by atoms with Crippen molar-refractivity contribution in [1.82, 2.24) is 14.9 Å². The SMILES string of the molecule is COc1cccc(/C=N\n2cnnc2-c2ccccc2)c1OC. The average Bonchev–Trinajstić information content (AvgIpc) is 3.08. The highest BCUT2D eigenvalue weighted by Gasteiger charge is 2.09. The molecule has 0 spiro atoms. The Morgan fingerprint density at radius 3 is 2.57 bits per heavy atom. The van der Waals surface area contributed by atoms with Crippen molar-refractivity contribution in [1.29, 1.82) is 0 Å². The van der Waals surface area contributed by atoms with Gasteiger partial charge in [-0.3, -0.25) is 0 Å². The Morgan fingerprint density at radius 1 is 1.00 bits per heavy atom. The molecule has 3 aromatic rings. The van der Waals surface area contributed by atoms with Crippen molar-refractivity contribution in [3.63, 3.8) is 0 Å². The fourth-order valence-electron chi connectivity index (χ4n) is 2.23. The van der Waals surface area contributed by atoms with Crippen LogP contribution in [-0.4, -0.2) is 35.3 Å². The summed E-state index contributed by atoms with van der Waals surface area (Å²) in [5, 5.41) is 12.5. The van der Waals surface area contributed by atoms with Crippen molar-refractivity contribution >= 4 is 6.21 Å². The van der Waals surface area contributed by atoms with Gasteiger partial charge in [-0.1, -0.05) is 36.4 Å². The summed E-state index contributed by atoms with van der Waals surface area (Å²) in [6, 6.07) is 15.4. The molecule has 23 heavy (non-hydrogen) atoms. The molecule has 0 saturated heterocycles. The van der Waals surface area contributed by atoms with Crippen molar-refractivity contribution in [3.05, 3.63) is 60.4 Å². The number of nitrogens with zero attached hydrogens (tertiary/aromatic N) is 4. The Hall–Kier alpha value is -3.15. The molecule has 0 aliphatic carbocycles. The lowest BCUT2D eigenvalue weighted by Gasteiger charge is -2.09. The predicted molar refractivity (Wildman–Crippen MR) is 88.0 cm³/mol. The van der Waals surface area contributed by atoms with Crippen molar-refractivity contribution in [2.45, 2.75) is 0 Å². The highest BCUT2D eigenvalue weighted by molar-refractivity contribution is 5.85. The van der Waals surface area contributed by atoms with Crippen LogP contribution in [0.5, 0.6) is 11.5 Å². The van der Waals surface area contributed by atoms with Gasteiger partial charge >= 0.3 is 0 Å². The highest BCUT2D eigenvalue weighted by atomic mass is 16.5. The molecule has 6 nitrogen and oxygen atoms in total. The van der Waals surface area contributed by atoms with E-state index in [4.69, 9.17) is 9.47 Å². The van der Waals surface area contributed by atoms with Crippen LogP contribution in [0.15, 0.2) is 60.0 Å². The fraction of sp³-hybridized carbons (Fsp3) is 0.118. The van der Waals surface area contributed by atoms with Gasteiger partial charge in [-0.25, -0.2) is 0 Å². The number of hydrogen-bond acceptors (Lipinski definition) is 5. The molecule has 0 saturated carbocycles. The fourth-order valence-corrected chi connectivity index (χ4v) is 2.23. The Balaban J connectivity index is 1.95. The van der Waals surface area contributed by atoms with Gasteiger partial charge in [-0.05, 0) is 12.1 Å². The van der Waals surface area contributed by atoms with Crippen LogP contribution in [0.25, 0.3) is 11.4 Å². The van der Waals surface area contributed by atoms with E-state index < -0.39 is 0 Å². The Kier molecular flexibility index (Phi) is 4.33. The minimum Gasteiger partial charge on any atom is -0.493 e. The molecule has 3 rings (SSSR count). The zero-order chi connectivity index (χ0) is 16.1. The molecule has 116 valence electrons. The van der Waals surface area contributed by atoms with E-state index in [1.807, 2.05) is 48.5 Å². The maximum absolute atomic E-state index is 5.40. The van der Waals surface area contributed by atoms with Crippen molar-refractivity contribution in [2.24, 2.45) is 5.10 Å². The van der Waals surface area contributed by atoms with Crippen LogP contribution < -0.4 is 9.47 Å². The van der Waals surface area contributed by atoms with Gasteiger partial charge in [-0.2, -0.15) is 9.78 Å². The summed E-state index contributed by atoms with van der Waals surface area (Å²) in [7, 11) is 3.20. The first-order valence-corrected chi connectivity index (χ1v) is 7.04. The van der Waals surface area contributed by atoms with E-state index in [2.05, 4.69) is 15.3 Å². The molecule has 2 aromatic carbocycles. The van der Waals surface area contributed by atoms with E-state index in [0.29, 0.717) is 17.3 Å². The van der Waals surface area contributed by atoms with Crippen LogP contribution >= 0.6 is 0 Å². The van der Waals surface area contributed by atoms with Gasteiger partial charge < -0.3 is 9.47 Å². The van der Waals surface area contributed by atoms with E-state index in [0.717, 1.165) is 11.1 Å². The van der Waals surface area contributed by atoms with E-state index in [1.54, 1.807) is 31.4 Å². The second-order valence-corrected chi connectivity index (χ2v) is 4.69. The number of aromatic nitrogens is 3. The Labute approximate surface area is 134 Å². The van der Waals surface area contributed by atoms with Gasteiger partial charge in [0.2, 0.25) is 0 Å². The van der Waals surface area contributed by atoms with Gasteiger partial charge in [0, 0.05) is 11.1 Å². The molecule has 0 N–H and O–H groups in total. The van der Waals surface area contributed by atoms with E-state index >= 15 is 0 Å². The second kappa shape index (κ2) is 6.74. The van der Waals surface area contributed by atoms with Crippen LogP contribution in [0.1, 0.15) is 5.56 Å². The van der Waals surface area contributed by atoms with Crippen molar-refractivity contribution in [2.75, 3.05) is 14.2 Å². The number of hydrogen-bond donors (Lipinski definition) is 0. The molecular formula is C17H16N4O2. The Bertz CT molecular complexity index is 812. The van der Waals surface area contributed by atoms with Crippen LogP contribution in [0.3, 0.4) is 0 Å². The lowest BCUT2D eigenvalue weighted by atomic mass is 10.2. The zero-order valence-electron chi connectivity index (χ0n) is 12.9. The average molecular weight is 308 g/mol. The third kappa shape index (κ3) is 3.06. The zero-order valence-corrected chi connectivity index (χ0v) is 12.9. The van der Waals surface area contributed by atoms with Gasteiger partial charge in [-0.15, -0.1) is 10.2 Å². The van der Waals surface area contributed by atoms with Gasteiger partial charge in [0.1, 0.15) is 6.33 Å². The molecule has 0 aliphatic heterocycles. The van der Waals surface area contributed by atoms with Crippen LogP contribution in [0, 0.1) is 0 Å². The number of para-hydroxylation sites is 1. The molecule has 0 unspecified atom stereocenters. The maximum atomic E-state index is 5.40. The number of methoxy groups -OCH3 is 2. The first-order chi connectivity index (χ1) is 11.3. The molecule has 0 atom stereocenters. The standard InChI is InChI=1S/C17H16N4O2/c1-22-15-10-6-9-14(16(15)23-2)11-19-21-12-18-20-17(21)13-7-4-3-5-8-13/h3-12H,1-2H3/b19-11-. The van der Waals surface area contributed by atoms with Crippen LogP contribution in [0.2, 0.25) is 0 Å². The topological polar surface area (TPSA) is 61.5 Å². The summed E-state index contributed by atoms with van der Waals surface area (Å²) >= 11 is 0. The predicted octanol–water partition coefficient (Wildman–Crippen LogP) is 2.84. The third-order valence-electron chi connectivity index (χ3n) is 3.32. The maximum Gasteiger partial charge on any atom is 0.184 e. The van der Waals surface area contributed by atoms with Crippen molar-refractivity contribution in [3.8, 4) is 22.9 Å². The summed E-state index contributed by atoms with van der Waals surface area (Å²) in [6.45, 7) is 0. The summed E-state index contributed by atoms with van der Waals surface area (Å²) < 4.78 is 12.3. The summed E-state index contributed by atoms with van der Waals surface area (Å²) in [6.07, 6.45) is 3.25. The minimum atomic E-state index is 0.632. The normalized spacial score (nSPS) is 10.9. The monoisotopic (exact) mass is 308 g/mol. The van der Waals surface area contributed by atoms with Crippen LogP contribution in [0.4, 0.5) is 0 Å². The molecule has 0 aliphatic rings. The number of rotatable bonds is 5. The van der Waals surface area contributed by atoms with Gasteiger partial charge in [0.15, 0.2) is 17.3 Å². The lowest BCUT2D eigenvalue weighted by molar-refractivity contribution is 0.354. The van der Waals surface area contributed by atoms with Crippen LogP contribution in [-0.2, 0) is 0 Å². The van der Waals surface area contributed by atoms with Gasteiger partial charge in [0.25, 0.3) is 0 Å². The summed E-state index contributed by atoms with van der Waals surface area (Å²) in [5.41, 5.74) is 1.75. The Morgan fingerprint density at radius 2 is 1.83 bits per heavy atom. The molecule has 0 bridgehead atoms. The molecule has 0 amide bonds. The molecule has 0 fully saturated rings. The summed E-state index contributed by atoms with van der Waals surface area (Å²) in [5.74, 6) is 1.96. The first-order valence-electron chi connectivity index (χ1n) is 7.04. The third-order valence-corrected chi connectivity index (χ3v) is 3.32. The van der Waals surface area contributed by atoms with E-state index in [9.17, 15) is 0 Å². The first kappa shape index (κ1) is 14.8. The minimum absolute atomic E-state index is 0.632. The number of benzene rings is 2. The molecule has 1 aromatic heterocycles. The highest BCUT2D eigenvalue weighted by Crippen LogP contribution is 2.29. The molecule has 1 heterocycles. The van der Waals surface area contributed by atoms with Crippen molar-refractivity contribution < 1.29 is 9.47 Å². The summed E-state index contributed by atoms with van der Waals surface area (Å²) in [4.78, 5) is 0. The molecular weight excluding hydrogens is 292 g/mol. The van der Waals surface area contributed by atoms with E-state index in [1.165, 1.54) is 0 Å².